The molecule has 0 radical (unpaired) electrons. The number of β-amino-alcohol motifs (C(OH)–C–C–N with tert-alkyl or cyclic N) is 1. The molecule has 1 fully saturated rings. The number of piperidine rings is 1. The highest BCUT2D eigenvalue weighted by Gasteiger charge is 2.40. The van der Waals surface area contributed by atoms with Crippen LogP contribution in [-0.2, 0) is 4.79 Å². The highest BCUT2D eigenvalue weighted by Crippen LogP contribution is 2.33. The number of hydrogen-bond donors (Lipinski definition) is 3. The maximum Gasteiger partial charge on any atom is 0.256 e. The fourth-order valence-corrected chi connectivity index (χ4v) is 4.41. The van der Waals surface area contributed by atoms with E-state index >= 15 is 0 Å². The largest absolute Gasteiger partial charge is 0.486 e. The van der Waals surface area contributed by atoms with Crippen LogP contribution in [0.1, 0.15) is 24.5 Å². The second-order valence-electron chi connectivity index (χ2n) is 8.79. The average Bonchev–Trinajstić information content (AvgIpc) is 2.89. The Bertz CT molecular complexity index is 1240. The summed E-state index contributed by atoms with van der Waals surface area (Å²) in [4.78, 5) is 23.7. The van der Waals surface area contributed by atoms with E-state index in [1.807, 2.05) is 11.0 Å². The minimum atomic E-state index is -1.52. The predicted octanol–water partition coefficient (Wildman–Crippen LogP) is 2.75. The van der Waals surface area contributed by atoms with Gasteiger partial charge in [0, 0.05) is 31.9 Å². The van der Waals surface area contributed by atoms with E-state index in [0.29, 0.717) is 66.9 Å². The first kappa shape index (κ1) is 28.7. The van der Waals surface area contributed by atoms with Gasteiger partial charge in [-0.05, 0) is 42.7 Å². The van der Waals surface area contributed by atoms with Gasteiger partial charge in [0.05, 0.1) is 24.4 Å². The molecular weight excluding hydrogens is 523 g/mol. The Balaban J connectivity index is 0.00000190. The summed E-state index contributed by atoms with van der Waals surface area (Å²) in [7, 11) is 1.52. The molecule has 1 amide bonds. The van der Waals surface area contributed by atoms with Crippen molar-refractivity contribution in [2.45, 2.75) is 24.5 Å². The molecule has 5 rings (SSSR count). The molecule has 200 valence electrons. The van der Waals surface area contributed by atoms with Gasteiger partial charge in [-0.1, -0.05) is 6.07 Å². The van der Waals surface area contributed by atoms with Crippen LogP contribution in [0.15, 0.2) is 42.6 Å². The van der Waals surface area contributed by atoms with Crippen LogP contribution in [0.2, 0.25) is 0 Å². The standard InChI is InChI=1S/C25H28N4O6.2ClH/c1-33-22-5-3-17-23(28-22)18(6-9-26-17)27-24(31)25(32)7-10-29(11-8-25)15-19(30)16-2-4-20-21(14-16)35-13-12-34-20;;/h2-6,9,14,19,30,32H,7-8,10-13,15H2,1H3,(H,26,27,31);2*1H. The molecule has 1 saturated heterocycles. The van der Waals surface area contributed by atoms with Crippen LogP contribution < -0.4 is 19.5 Å². The number of rotatable bonds is 6. The third-order valence-electron chi connectivity index (χ3n) is 6.50. The number of aliphatic hydroxyl groups excluding tert-OH is 1. The van der Waals surface area contributed by atoms with Crippen molar-refractivity contribution in [2.75, 3.05) is 45.3 Å². The number of halogens is 2. The molecule has 3 N–H and O–H groups in total. The first-order valence-corrected chi connectivity index (χ1v) is 11.6. The number of carbonyl (C=O) groups is 1. The molecule has 1 atom stereocenters. The monoisotopic (exact) mass is 552 g/mol. The smallest absolute Gasteiger partial charge is 0.256 e. The Morgan fingerprint density at radius 3 is 2.59 bits per heavy atom. The molecule has 0 spiro atoms. The van der Waals surface area contributed by atoms with E-state index in [9.17, 15) is 15.0 Å². The van der Waals surface area contributed by atoms with Gasteiger partial charge in [0.1, 0.15) is 24.3 Å². The number of aliphatic hydroxyl groups is 2. The lowest BCUT2D eigenvalue weighted by atomic mass is 9.90. The lowest BCUT2D eigenvalue weighted by Crippen LogP contribution is -2.52. The van der Waals surface area contributed by atoms with Gasteiger partial charge in [0.2, 0.25) is 5.88 Å². The summed E-state index contributed by atoms with van der Waals surface area (Å²) in [6, 6.07) is 10.5. The maximum absolute atomic E-state index is 13.0. The third kappa shape index (κ3) is 6.16. The number of benzene rings is 1. The average molecular weight is 553 g/mol. The summed E-state index contributed by atoms with van der Waals surface area (Å²) in [5.41, 5.74) is 0.777. The molecule has 2 aliphatic heterocycles. The van der Waals surface area contributed by atoms with E-state index < -0.39 is 17.6 Å². The number of pyridine rings is 2. The zero-order chi connectivity index (χ0) is 24.4. The summed E-state index contributed by atoms with van der Waals surface area (Å²) in [5.74, 6) is 1.23. The first-order valence-electron chi connectivity index (χ1n) is 11.6. The van der Waals surface area contributed by atoms with E-state index in [2.05, 4.69) is 15.3 Å². The Morgan fingerprint density at radius 2 is 1.86 bits per heavy atom. The molecular formula is C25H30Cl2N4O6. The molecule has 4 heterocycles. The van der Waals surface area contributed by atoms with Gasteiger partial charge < -0.3 is 34.6 Å². The van der Waals surface area contributed by atoms with Crippen molar-refractivity contribution in [1.29, 1.82) is 0 Å². The molecule has 37 heavy (non-hydrogen) atoms. The van der Waals surface area contributed by atoms with Crippen LogP contribution in [0.5, 0.6) is 17.4 Å². The number of nitrogens with one attached hydrogen (secondary N) is 1. The van der Waals surface area contributed by atoms with Crippen molar-refractivity contribution in [2.24, 2.45) is 0 Å². The molecule has 1 aromatic carbocycles. The summed E-state index contributed by atoms with van der Waals surface area (Å²) >= 11 is 0. The number of amides is 1. The second-order valence-corrected chi connectivity index (χ2v) is 8.79. The number of methoxy groups -OCH3 is 1. The molecule has 0 bridgehead atoms. The lowest BCUT2D eigenvalue weighted by Gasteiger charge is -2.37. The quantitative estimate of drug-likeness (QED) is 0.423. The summed E-state index contributed by atoms with van der Waals surface area (Å²) < 4.78 is 16.3. The number of nitrogens with zero attached hydrogens (tertiary/aromatic N) is 3. The molecule has 3 aromatic rings. The molecule has 2 aliphatic rings. The molecule has 12 heteroatoms. The number of fused-ring (bicyclic) bond motifs is 2. The predicted molar refractivity (Wildman–Crippen MR) is 142 cm³/mol. The normalized spacial score (nSPS) is 17.2. The number of anilines is 1. The van der Waals surface area contributed by atoms with Gasteiger partial charge in [0.25, 0.3) is 5.91 Å². The van der Waals surface area contributed by atoms with Crippen LogP contribution in [0.3, 0.4) is 0 Å². The van der Waals surface area contributed by atoms with Gasteiger partial charge in [0.15, 0.2) is 11.5 Å². The van der Waals surface area contributed by atoms with E-state index in [4.69, 9.17) is 14.2 Å². The highest BCUT2D eigenvalue weighted by atomic mass is 35.5. The van der Waals surface area contributed by atoms with Crippen LogP contribution >= 0.6 is 24.8 Å². The number of ether oxygens (including phenoxy) is 3. The van der Waals surface area contributed by atoms with E-state index in [1.165, 1.54) is 7.11 Å². The highest BCUT2D eigenvalue weighted by molar-refractivity contribution is 6.02. The van der Waals surface area contributed by atoms with E-state index in [0.717, 1.165) is 5.56 Å². The van der Waals surface area contributed by atoms with Crippen molar-refractivity contribution in [1.82, 2.24) is 14.9 Å². The zero-order valence-corrected chi connectivity index (χ0v) is 21.9. The first-order chi connectivity index (χ1) is 16.9. The second kappa shape index (κ2) is 12.1. The molecule has 2 aromatic heterocycles. The van der Waals surface area contributed by atoms with E-state index in [1.54, 1.807) is 36.5 Å². The topological polar surface area (TPSA) is 126 Å². The Labute approximate surface area is 226 Å². The van der Waals surface area contributed by atoms with Crippen LogP contribution in [0.25, 0.3) is 11.0 Å². The Morgan fingerprint density at radius 1 is 1.14 bits per heavy atom. The fourth-order valence-electron chi connectivity index (χ4n) is 4.41. The van der Waals surface area contributed by atoms with Crippen LogP contribution in [0.4, 0.5) is 5.69 Å². The Kier molecular flexibility index (Phi) is 9.38. The number of carbonyl (C=O) groups excluding carboxylic acids is 1. The van der Waals surface area contributed by atoms with Gasteiger partial charge >= 0.3 is 0 Å². The summed E-state index contributed by atoms with van der Waals surface area (Å²) in [6.07, 6.45) is 1.34. The fraction of sp³-hybridized carbons (Fsp3) is 0.400. The van der Waals surface area contributed by atoms with Crippen LogP contribution in [-0.4, -0.2) is 76.5 Å². The Hall–Kier alpha value is -2.89. The third-order valence-corrected chi connectivity index (χ3v) is 6.50. The molecule has 0 aliphatic carbocycles. The number of hydrogen-bond acceptors (Lipinski definition) is 9. The number of aromatic nitrogens is 2. The van der Waals surface area contributed by atoms with Crippen molar-refractivity contribution >= 4 is 47.4 Å². The van der Waals surface area contributed by atoms with E-state index in [-0.39, 0.29) is 37.7 Å². The van der Waals surface area contributed by atoms with Gasteiger partial charge in [-0.3, -0.25) is 9.78 Å². The number of likely N-dealkylation sites (tertiary alicyclic amines) is 1. The van der Waals surface area contributed by atoms with Gasteiger partial charge in [-0.25, -0.2) is 4.98 Å². The maximum atomic E-state index is 13.0. The van der Waals surface area contributed by atoms with Crippen LogP contribution in [0, 0.1) is 0 Å². The van der Waals surface area contributed by atoms with Crippen molar-refractivity contribution in [3.8, 4) is 17.4 Å². The SMILES string of the molecule is COc1ccc2nccc(NC(=O)C3(O)CCN(CC(O)c4ccc5c(c4)OCCO5)CC3)c2n1.Cl.Cl. The van der Waals surface area contributed by atoms with Gasteiger partial charge in [-0.2, -0.15) is 0 Å². The molecule has 1 unspecified atom stereocenters. The molecule has 0 saturated carbocycles. The van der Waals surface area contributed by atoms with Crippen molar-refractivity contribution < 1.29 is 29.2 Å². The molecule has 10 nitrogen and oxygen atoms in total. The van der Waals surface area contributed by atoms with Crippen molar-refractivity contribution in [3.63, 3.8) is 0 Å². The minimum Gasteiger partial charge on any atom is -0.486 e. The van der Waals surface area contributed by atoms with Crippen molar-refractivity contribution in [3.05, 3.63) is 48.2 Å². The lowest BCUT2D eigenvalue weighted by molar-refractivity contribution is -0.139. The minimum absolute atomic E-state index is 0. The summed E-state index contributed by atoms with van der Waals surface area (Å²) in [5, 5.41) is 24.6. The zero-order valence-electron chi connectivity index (χ0n) is 20.3. The van der Waals surface area contributed by atoms with Gasteiger partial charge in [-0.15, -0.1) is 24.8 Å². The summed E-state index contributed by atoms with van der Waals surface area (Å²) in [6.45, 7) is 2.32.